The van der Waals surface area contributed by atoms with Crippen molar-refractivity contribution >= 4 is 35.3 Å². The van der Waals surface area contributed by atoms with Crippen LogP contribution in [0.4, 0.5) is 0 Å². The normalized spacial score (nSPS) is 30.9. The van der Waals surface area contributed by atoms with Crippen molar-refractivity contribution in [2.24, 2.45) is 10.8 Å². The van der Waals surface area contributed by atoms with E-state index in [1.165, 1.54) is 0 Å². The predicted octanol–water partition coefficient (Wildman–Crippen LogP) is 5.15. The molecule has 31 heavy (non-hydrogen) atoms. The molecule has 0 aromatic heterocycles. The first-order valence-corrected chi connectivity index (χ1v) is 13.5. The average molecular weight is 456 g/mol. The van der Waals surface area contributed by atoms with Gasteiger partial charge < -0.3 is 4.57 Å². The number of carbonyl (C=O) groups excluding carboxylic acids is 1. The number of hydrogen-bond donors (Lipinski definition) is 0. The van der Waals surface area contributed by atoms with Gasteiger partial charge in [-0.2, -0.15) is 5.06 Å². The molecule has 1 saturated carbocycles. The lowest BCUT2D eigenvalue weighted by Crippen LogP contribution is -2.73. The molecule has 2 saturated heterocycles. The molecule has 3 fully saturated rings. The first-order chi connectivity index (χ1) is 14.5. The number of Topliss-reactive ketones (excluding diaryl/α,β-unsaturated/α-hetero) is 1. The predicted molar refractivity (Wildman–Crippen MR) is 127 cm³/mol. The van der Waals surface area contributed by atoms with Crippen LogP contribution in [0, 0.1) is 10.8 Å². The Morgan fingerprint density at radius 1 is 0.903 bits per heavy atom. The highest BCUT2D eigenvalue weighted by atomic mass is 32.2. The minimum Gasteiger partial charge on any atom is -0.312 e. The Balaban J connectivity index is 1.65. The molecule has 1 aliphatic carbocycles. The summed E-state index contributed by atoms with van der Waals surface area (Å²) in [6.45, 7) is 10.0. The Morgan fingerprint density at radius 2 is 1.39 bits per heavy atom. The Kier molecular flexibility index (Phi) is 4.55. The number of fused-ring (bicyclic) bond motifs is 1. The number of hydrogen-bond acceptors (Lipinski definition) is 5. The van der Waals surface area contributed by atoms with Crippen molar-refractivity contribution in [2.45, 2.75) is 63.0 Å². The van der Waals surface area contributed by atoms with Gasteiger partial charge in [0.2, 0.25) is 0 Å². The van der Waals surface area contributed by atoms with E-state index in [9.17, 15) is 4.79 Å². The van der Waals surface area contributed by atoms with Crippen LogP contribution >= 0.6 is 18.9 Å². The molecule has 5 rings (SSSR count). The van der Waals surface area contributed by atoms with Crippen LogP contribution in [-0.2, 0) is 14.2 Å². The van der Waals surface area contributed by atoms with Crippen molar-refractivity contribution in [2.75, 3.05) is 0 Å². The number of benzene rings is 2. The fourth-order valence-corrected chi connectivity index (χ4v) is 11.6. The minimum atomic E-state index is -3.09. The molecule has 4 nitrogen and oxygen atoms in total. The molecule has 164 valence electrons. The van der Waals surface area contributed by atoms with Crippen molar-refractivity contribution in [3.05, 3.63) is 60.7 Å². The average Bonchev–Trinajstić information content (AvgIpc) is 3.33. The van der Waals surface area contributed by atoms with Crippen molar-refractivity contribution in [3.8, 4) is 0 Å². The lowest BCUT2D eigenvalue weighted by atomic mass is 9.51. The van der Waals surface area contributed by atoms with Crippen LogP contribution in [0.5, 0.6) is 0 Å². The summed E-state index contributed by atoms with van der Waals surface area (Å²) in [7, 11) is -3.09. The van der Waals surface area contributed by atoms with Gasteiger partial charge in [0.1, 0.15) is 5.28 Å². The molecule has 2 aliphatic heterocycles. The molecule has 2 heterocycles. The van der Waals surface area contributed by atoms with E-state index in [0.717, 1.165) is 23.5 Å². The summed E-state index contributed by atoms with van der Waals surface area (Å²) in [4.78, 5) is 19.1. The van der Waals surface area contributed by atoms with Crippen LogP contribution < -0.4 is 10.6 Å². The van der Waals surface area contributed by atoms with Crippen LogP contribution in [0.15, 0.2) is 60.7 Å². The third kappa shape index (κ3) is 2.41. The van der Waals surface area contributed by atoms with Gasteiger partial charge in [0, 0.05) is 10.6 Å². The molecule has 0 radical (unpaired) electrons. The van der Waals surface area contributed by atoms with Crippen molar-refractivity contribution < 1.29 is 14.2 Å². The Labute approximate surface area is 189 Å². The van der Waals surface area contributed by atoms with Gasteiger partial charge in [-0.05, 0) is 47.5 Å². The fraction of sp³-hybridized carbons (Fsp3) is 0.480. The largest absolute Gasteiger partial charge is 0.312 e. The molecule has 6 heteroatoms. The fourth-order valence-electron chi connectivity index (χ4n) is 6.15. The third-order valence-corrected chi connectivity index (χ3v) is 13.8. The zero-order chi connectivity index (χ0) is 22.3. The number of hydroxylamine groups is 2. The molecular formula is C25H30NO3PS. The van der Waals surface area contributed by atoms with Crippen LogP contribution in [0.3, 0.4) is 0 Å². The summed E-state index contributed by atoms with van der Waals surface area (Å²) < 4.78 is 15.2. The van der Waals surface area contributed by atoms with E-state index in [1.807, 2.05) is 93.4 Å². The molecule has 2 aromatic carbocycles. The van der Waals surface area contributed by atoms with Crippen molar-refractivity contribution in [1.82, 2.24) is 5.06 Å². The van der Waals surface area contributed by atoms with Gasteiger partial charge in [-0.3, -0.25) is 9.63 Å². The highest BCUT2D eigenvalue weighted by Gasteiger charge is 2.80. The molecule has 2 unspecified atom stereocenters. The van der Waals surface area contributed by atoms with Gasteiger partial charge >= 0.3 is 0 Å². The Bertz CT molecular complexity index is 1020. The van der Waals surface area contributed by atoms with E-state index >= 15 is 4.57 Å². The zero-order valence-corrected chi connectivity index (χ0v) is 20.5. The highest BCUT2D eigenvalue weighted by Crippen LogP contribution is 2.75. The number of thioether (sulfide) groups is 1. The smallest absolute Gasteiger partial charge is 0.164 e. The second-order valence-corrected chi connectivity index (χ2v) is 14.8. The lowest BCUT2D eigenvalue weighted by molar-refractivity contribution is -0.292. The molecular weight excluding hydrogens is 425 g/mol. The molecule has 1 spiro atoms. The lowest BCUT2D eigenvalue weighted by Gasteiger charge is -2.61. The summed E-state index contributed by atoms with van der Waals surface area (Å²) in [5, 5.41) is 3.11. The summed E-state index contributed by atoms with van der Waals surface area (Å²) in [6, 6.07) is 19.7. The molecule has 3 aliphatic rings. The number of ketones is 1. The van der Waals surface area contributed by atoms with Crippen molar-refractivity contribution in [1.29, 1.82) is 0 Å². The highest BCUT2D eigenvalue weighted by molar-refractivity contribution is 8.01. The molecule has 2 aromatic rings. The third-order valence-electron chi connectivity index (χ3n) is 7.83. The van der Waals surface area contributed by atoms with Crippen LogP contribution in [0.2, 0.25) is 0 Å². The van der Waals surface area contributed by atoms with E-state index in [4.69, 9.17) is 4.84 Å². The van der Waals surface area contributed by atoms with Crippen LogP contribution in [0.1, 0.15) is 47.5 Å². The SMILES string of the molecule is CC1(C)C(=O)C(C)(C)C12ON1C(CCC1(C)P(=O)(c1ccccc1)c1ccccc1)S2. The van der Waals surface area contributed by atoms with E-state index in [1.54, 1.807) is 11.8 Å². The van der Waals surface area contributed by atoms with Gasteiger partial charge in [0.25, 0.3) is 0 Å². The molecule has 2 atom stereocenters. The van der Waals surface area contributed by atoms with Gasteiger partial charge in [0.05, 0.1) is 16.2 Å². The molecule has 0 N–H and O–H groups in total. The first-order valence-electron chi connectivity index (χ1n) is 10.9. The summed E-state index contributed by atoms with van der Waals surface area (Å²) >= 11 is 1.76. The Morgan fingerprint density at radius 3 is 1.87 bits per heavy atom. The Hall–Kier alpha value is -1.39. The maximum absolute atomic E-state index is 15.2. The van der Waals surface area contributed by atoms with Gasteiger partial charge in [-0.25, -0.2) is 0 Å². The van der Waals surface area contributed by atoms with Crippen molar-refractivity contribution in [3.63, 3.8) is 0 Å². The molecule has 0 amide bonds. The van der Waals surface area contributed by atoms with E-state index in [-0.39, 0.29) is 11.2 Å². The van der Waals surface area contributed by atoms with E-state index < -0.39 is 28.2 Å². The van der Waals surface area contributed by atoms with E-state index in [0.29, 0.717) is 0 Å². The van der Waals surface area contributed by atoms with E-state index in [2.05, 4.69) is 6.92 Å². The molecule has 0 bridgehead atoms. The number of carbonyl (C=O) groups is 1. The second kappa shape index (κ2) is 6.57. The minimum absolute atomic E-state index is 0.0809. The van der Waals surface area contributed by atoms with Crippen LogP contribution in [-0.4, -0.2) is 26.4 Å². The number of nitrogens with zero attached hydrogens (tertiary/aromatic N) is 1. The quantitative estimate of drug-likeness (QED) is 0.599. The monoisotopic (exact) mass is 455 g/mol. The van der Waals surface area contributed by atoms with Gasteiger partial charge in [0.15, 0.2) is 17.9 Å². The standard InChI is InChI=1S/C25H30NO3PS/c1-22(2)21(27)23(3,4)25(22)29-26-20(31-25)16-17-24(26,5)30(28,18-12-8-6-9-13-18)19-14-10-7-11-15-19/h6-15,20H,16-17H2,1-5H3. The topological polar surface area (TPSA) is 46.6 Å². The zero-order valence-electron chi connectivity index (χ0n) is 18.8. The van der Waals surface area contributed by atoms with Crippen LogP contribution in [0.25, 0.3) is 0 Å². The number of rotatable bonds is 3. The van der Waals surface area contributed by atoms with Gasteiger partial charge in [-0.15, -0.1) is 11.8 Å². The maximum Gasteiger partial charge on any atom is 0.164 e. The van der Waals surface area contributed by atoms with Gasteiger partial charge in [-0.1, -0.05) is 60.7 Å². The first kappa shape index (κ1) is 21.5. The maximum atomic E-state index is 15.2. The summed E-state index contributed by atoms with van der Waals surface area (Å²) in [6.07, 6.45) is 1.66. The summed E-state index contributed by atoms with van der Waals surface area (Å²) in [5.74, 6) is 0.227. The second-order valence-electron chi connectivity index (χ2n) is 10.2. The summed E-state index contributed by atoms with van der Waals surface area (Å²) in [5.41, 5.74) is -1.17.